The highest BCUT2D eigenvalue weighted by Crippen LogP contribution is 2.55. The van der Waals surface area contributed by atoms with Gasteiger partial charge in [0.2, 0.25) is 5.91 Å². The van der Waals surface area contributed by atoms with Crippen molar-refractivity contribution in [2.24, 2.45) is 23.7 Å². The van der Waals surface area contributed by atoms with Gasteiger partial charge >= 0.3 is 0 Å². The number of carbonyl (C=O) groups is 1. The number of nitrogens with one attached hydrogen (secondary N) is 1. The molecule has 0 radical (unpaired) electrons. The van der Waals surface area contributed by atoms with Crippen LogP contribution in [0.4, 0.5) is 0 Å². The van der Waals surface area contributed by atoms with Crippen molar-refractivity contribution in [3.05, 3.63) is 0 Å². The fourth-order valence-electron chi connectivity index (χ4n) is 5.52. The van der Waals surface area contributed by atoms with Gasteiger partial charge in [0.15, 0.2) is 0 Å². The quantitative estimate of drug-likeness (QED) is 0.765. The molecular weight excluding hydrogens is 224 g/mol. The van der Waals surface area contributed by atoms with Crippen LogP contribution in [0.15, 0.2) is 0 Å². The Balaban J connectivity index is 1.58. The summed E-state index contributed by atoms with van der Waals surface area (Å²) in [6, 6.07) is 0.602. The zero-order valence-corrected chi connectivity index (χ0v) is 11.1. The van der Waals surface area contributed by atoms with Crippen LogP contribution in [0.2, 0.25) is 0 Å². The molecular formula is C15H24N2O. The van der Waals surface area contributed by atoms with Crippen LogP contribution in [0.25, 0.3) is 0 Å². The van der Waals surface area contributed by atoms with Gasteiger partial charge < -0.3 is 10.2 Å². The van der Waals surface area contributed by atoms with Crippen LogP contribution in [-0.2, 0) is 4.79 Å². The molecule has 0 spiro atoms. The van der Waals surface area contributed by atoms with Crippen LogP contribution in [0.1, 0.15) is 38.5 Å². The summed E-state index contributed by atoms with van der Waals surface area (Å²) in [4.78, 5) is 14.6. The molecule has 5 fully saturated rings. The summed E-state index contributed by atoms with van der Waals surface area (Å²) in [7, 11) is 0. The monoisotopic (exact) mass is 248 g/mol. The van der Waals surface area contributed by atoms with Gasteiger partial charge in [-0.25, -0.2) is 0 Å². The van der Waals surface area contributed by atoms with Gasteiger partial charge in [0, 0.05) is 12.6 Å². The van der Waals surface area contributed by atoms with E-state index in [-0.39, 0.29) is 0 Å². The minimum absolute atomic E-state index is 0.366. The number of rotatable bonds is 1. The van der Waals surface area contributed by atoms with E-state index >= 15 is 0 Å². The molecule has 0 unspecified atom stereocenters. The van der Waals surface area contributed by atoms with Gasteiger partial charge in [-0.1, -0.05) is 0 Å². The maximum Gasteiger partial charge on any atom is 0.236 e. The third-order valence-electron chi connectivity index (χ3n) is 5.89. The summed E-state index contributed by atoms with van der Waals surface area (Å²) in [6.07, 6.45) is 8.28. The Hall–Kier alpha value is -0.570. The lowest BCUT2D eigenvalue weighted by molar-refractivity contribution is -0.141. The number of amides is 1. The molecule has 1 heterocycles. The number of carbonyl (C=O) groups excluding carboxylic acids is 1. The van der Waals surface area contributed by atoms with E-state index in [1.807, 2.05) is 0 Å². The van der Waals surface area contributed by atoms with Crippen molar-refractivity contribution in [3.63, 3.8) is 0 Å². The molecule has 1 saturated heterocycles. The molecule has 1 aliphatic heterocycles. The zero-order chi connectivity index (χ0) is 12.1. The summed E-state index contributed by atoms with van der Waals surface area (Å²) < 4.78 is 0. The Morgan fingerprint density at radius 2 is 1.67 bits per heavy atom. The van der Waals surface area contributed by atoms with Crippen LogP contribution in [0.3, 0.4) is 0 Å². The molecule has 100 valence electrons. The maximum atomic E-state index is 12.3. The lowest BCUT2D eigenvalue weighted by Crippen LogP contribution is -2.58. The molecule has 1 N–H and O–H groups in total. The van der Waals surface area contributed by atoms with E-state index in [0.29, 0.717) is 18.5 Å². The van der Waals surface area contributed by atoms with E-state index in [4.69, 9.17) is 0 Å². The average molecular weight is 248 g/mol. The van der Waals surface area contributed by atoms with E-state index < -0.39 is 0 Å². The van der Waals surface area contributed by atoms with E-state index in [0.717, 1.165) is 43.2 Å². The Morgan fingerprint density at radius 1 is 1.00 bits per heavy atom. The Labute approximate surface area is 109 Å². The summed E-state index contributed by atoms with van der Waals surface area (Å²) in [5.41, 5.74) is 0. The van der Waals surface area contributed by atoms with Crippen LogP contribution < -0.4 is 5.32 Å². The number of hydrogen-bond acceptors (Lipinski definition) is 2. The topological polar surface area (TPSA) is 32.3 Å². The van der Waals surface area contributed by atoms with Crippen molar-refractivity contribution in [2.75, 3.05) is 19.6 Å². The second kappa shape index (κ2) is 4.22. The molecule has 4 aliphatic carbocycles. The normalized spacial score (nSPS) is 47.4. The lowest BCUT2D eigenvalue weighted by Gasteiger charge is -2.57. The van der Waals surface area contributed by atoms with Crippen molar-refractivity contribution in [1.82, 2.24) is 10.2 Å². The van der Waals surface area contributed by atoms with Gasteiger partial charge in [0.25, 0.3) is 0 Å². The van der Waals surface area contributed by atoms with Gasteiger partial charge in [-0.2, -0.15) is 0 Å². The zero-order valence-electron chi connectivity index (χ0n) is 11.1. The maximum absolute atomic E-state index is 12.3. The van der Waals surface area contributed by atoms with Gasteiger partial charge in [0.05, 0.1) is 6.54 Å². The average Bonchev–Trinajstić information content (AvgIpc) is 2.54. The highest BCUT2D eigenvalue weighted by atomic mass is 16.2. The first-order valence-electron chi connectivity index (χ1n) is 7.81. The standard InChI is InChI=1S/C15H24N2O/c18-14-9-16-2-1-3-17(14)15-12-5-10-4-11(7-12)8-13(15)6-10/h10-13,15-16H,1-9H2. The molecule has 0 atom stereocenters. The van der Waals surface area contributed by atoms with E-state index in [2.05, 4.69) is 10.2 Å². The minimum Gasteiger partial charge on any atom is -0.338 e. The van der Waals surface area contributed by atoms with Gasteiger partial charge in [0.1, 0.15) is 0 Å². The third-order valence-corrected chi connectivity index (χ3v) is 5.89. The SMILES string of the molecule is O=C1CNCCCN1C1C2CC3CC(C2)CC1C3. The first-order chi connectivity index (χ1) is 8.81. The molecule has 5 aliphatic rings. The number of hydrogen-bond donors (Lipinski definition) is 1. The van der Waals surface area contributed by atoms with Crippen molar-refractivity contribution >= 4 is 5.91 Å². The van der Waals surface area contributed by atoms with Crippen LogP contribution in [0, 0.1) is 23.7 Å². The summed E-state index contributed by atoms with van der Waals surface area (Å²) >= 11 is 0. The second-order valence-electron chi connectivity index (χ2n) is 7.04. The van der Waals surface area contributed by atoms with Crippen molar-refractivity contribution < 1.29 is 4.79 Å². The molecule has 18 heavy (non-hydrogen) atoms. The molecule has 0 aromatic heterocycles. The minimum atomic E-state index is 0.366. The first kappa shape index (κ1) is 11.3. The summed E-state index contributed by atoms with van der Waals surface area (Å²) in [6.45, 7) is 2.58. The molecule has 4 saturated carbocycles. The highest BCUT2D eigenvalue weighted by Gasteiger charge is 2.50. The molecule has 5 rings (SSSR count). The molecule has 4 bridgehead atoms. The third kappa shape index (κ3) is 1.70. The van der Waals surface area contributed by atoms with Crippen LogP contribution >= 0.6 is 0 Å². The Morgan fingerprint density at radius 3 is 2.33 bits per heavy atom. The fraction of sp³-hybridized carbons (Fsp3) is 0.933. The van der Waals surface area contributed by atoms with E-state index in [1.54, 1.807) is 0 Å². The molecule has 0 aromatic rings. The lowest BCUT2D eigenvalue weighted by atomic mass is 9.54. The van der Waals surface area contributed by atoms with Crippen molar-refractivity contribution in [1.29, 1.82) is 0 Å². The van der Waals surface area contributed by atoms with Crippen LogP contribution in [0.5, 0.6) is 0 Å². The fourth-order valence-corrected chi connectivity index (χ4v) is 5.52. The summed E-state index contributed by atoms with van der Waals surface area (Å²) in [5.74, 6) is 4.05. The number of nitrogens with zero attached hydrogens (tertiary/aromatic N) is 1. The van der Waals surface area contributed by atoms with E-state index in [9.17, 15) is 4.79 Å². The first-order valence-corrected chi connectivity index (χ1v) is 7.81. The van der Waals surface area contributed by atoms with E-state index in [1.165, 1.54) is 32.1 Å². The predicted molar refractivity (Wildman–Crippen MR) is 70.0 cm³/mol. The summed E-state index contributed by atoms with van der Waals surface area (Å²) in [5, 5.41) is 3.26. The smallest absolute Gasteiger partial charge is 0.236 e. The van der Waals surface area contributed by atoms with Gasteiger partial charge in [-0.3, -0.25) is 4.79 Å². The highest BCUT2D eigenvalue weighted by molar-refractivity contribution is 5.79. The van der Waals surface area contributed by atoms with Crippen molar-refractivity contribution in [2.45, 2.75) is 44.6 Å². The van der Waals surface area contributed by atoms with Crippen LogP contribution in [-0.4, -0.2) is 36.5 Å². The van der Waals surface area contributed by atoms with Gasteiger partial charge in [-0.05, 0) is 68.7 Å². The largest absolute Gasteiger partial charge is 0.338 e. The predicted octanol–water partition coefficient (Wildman–Crippen LogP) is 1.63. The molecule has 3 nitrogen and oxygen atoms in total. The Bertz CT molecular complexity index is 326. The Kier molecular flexibility index (Phi) is 2.65. The molecule has 0 aromatic carbocycles. The second-order valence-corrected chi connectivity index (χ2v) is 7.04. The molecule has 1 amide bonds. The molecule has 3 heteroatoms. The van der Waals surface area contributed by atoms with Crippen molar-refractivity contribution in [3.8, 4) is 0 Å². The van der Waals surface area contributed by atoms with Gasteiger partial charge in [-0.15, -0.1) is 0 Å².